The average Bonchev–Trinajstić information content (AvgIpc) is 3.26. The van der Waals surface area contributed by atoms with Gasteiger partial charge in [0.25, 0.3) is 10.0 Å². The zero-order valence-electron chi connectivity index (χ0n) is 12.8. The smallest absolute Gasteiger partial charge is 0.258 e. The lowest BCUT2D eigenvalue weighted by Gasteiger charge is -2.08. The van der Waals surface area contributed by atoms with Gasteiger partial charge in [-0.1, -0.05) is 19.9 Å². The number of aromatic nitrogens is 1. The standard InChI is InChI=1S/C15H25N3O2S/c1-12(2)4-3-9-18-21(19,20)15-8-5-13(11-17-15)10-16-14-6-7-14/h5,8,11-12,14,16,18H,3-4,6-7,9-10H2,1-2H3. The molecule has 1 fully saturated rings. The van der Waals surface area contributed by atoms with Gasteiger partial charge in [-0.25, -0.2) is 18.1 Å². The van der Waals surface area contributed by atoms with Gasteiger partial charge in [0.05, 0.1) is 0 Å². The summed E-state index contributed by atoms with van der Waals surface area (Å²) in [5.74, 6) is 0.589. The van der Waals surface area contributed by atoms with E-state index < -0.39 is 10.0 Å². The fourth-order valence-electron chi connectivity index (χ4n) is 2.01. The molecule has 0 aliphatic heterocycles. The van der Waals surface area contributed by atoms with Crippen molar-refractivity contribution in [2.45, 2.75) is 57.1 Å². The van der Waals surface area contributed by atoms with Crippen LogP contribution in [0.15, 0.2) is 23.4 Å². The molecule has 1 heterocycles. The molecule has 2 N–H and O–H groups in total. The van der Waals surface area contributed by atoms with Gasteiger partial charge in [-0.15, -0.1) is 0 Å². The van der Waals surface area contributed by atoms with Gasteiger partial charge in [-0.3, -0.25) is 0 Å². The summed E-state index contributed by atoms with van der Waals surface area (Å²) in [6, 6.07) is 4.04. The van der Waals surface area contributed by atoms with E-state index in [1.807, 2.05) is 6.07 Å². The van der Waals surface area contributed by atoms with Gasteiger partial charge in [0.15, 0.2) is 5.03 Å². The van der Waals surface area contributed by atoms with E-state index >= 15 is 0 Å². The van der Waals surface area contributed by atoms with Gasteiger partial charge in [0, 0.05) is 25.3 Å². The minimum absolute atomic E-state index is 0.0993. The van der Waals surface area contributed by atoms with E-state index in [1.165, 1.54) is 12.8 Å². The Morgan fingerprint density at radius 3 is 2.67 bits per heavy atom. The molecule has 1 aromatic rings. The molecule has 0 radical (unpaired) electrons. The van der Waals surface area contributed by atoms with E-state index in [-0.39, 0.29) is 5.03 Å². The van der Waals surface area contributed by atoms with Crippen molar-refractivity contribution in [1.29, 1.82) is 0 Å². The third-order valence-electron chi connectivity index (χ3n) is 3.50. The molecular formula is C15H25N3O2S. The van der Waals surface area contributed by atoms with Crippen molar-refractivity contribution < 1.29 is 8.42 Å². The fraction of sp³-hybridized carbons (Fsp3) is 0.667. The Labute approximate surface area is 127 Å². The second kappa shape index (κ2) is 7.33. The molecule has 2 rings (SSSR count). The first-order valence-corrected chi connectivity index (χ1v) is 9.13. The molecule has 0 unspecified atom stereocenters. The van der Waals surface area contributed by atoms with Crippen molar-refractivity contribution in [2.24, 2.45) is 5.92 Å². The Hall–Kier alpha value is -0.980. The van der Waals surface area contributed by atoms with E-state index in [0.29, 0.717) is 18.5 Å². The van der Waals surface area contributed by atoms with Crippen LogP contribution in [0.2, 0.25) is 0 Å². The SMILES string of the molecule is CC(C)CCCNS(=O)(=O)c1ccc(CNC2CC2)cn1. The van der Waals surface area contributed by atoms with E-state index in [4.69, 9.17) is 0 Å². The molecule has 6 heteroatoms. The minimum Gasteiger partial charge on any atom is -0.310 e. The summed E-state index contributed by atoms with van der Waals surface area (Å²) in [4.78, 5) is 4.07. The molecule has 0 spiro atoms. The molecule has 0 bridgehead atoms. The van der Waals surface area contributed by atoms with Crippen LogP contribution in [0.3, 0.4) is 0 Å². The molecule has 0 aromatic carbocycles. The maximum Gasteiger partial charge on any atom is 0.258 e. The van der Waals surface area contributed by atoms with Gasteiger partial charge < -0.3 is 5.32 Å². The van der Waals surface area contributed by atoms with Crippen LogP contribution in [0.5, 0.6) is 0 Å². The second-order valence-corrected chi connectivity index (χ2v) is 7.81. The van der Waals surface area contributed by atoms with Crippen LogP contribution < -0.4 is 10.0 Å². The number of nitrogens with one attached hydrogen (secondary N) is 2. The monoisotopic (exact) mass is 311 g/mol. The summed E-state index contributed by atoms with van der Waals surface area (Å²) < 4.78 is 26.8. The van der Waals surface area contributed by atoms with Crippen LogP contribution in [-0.2, 0) is 16.6 Å². The topological polar surface area (TPSA) is 71.1 Å². The summed E-state index contributed by atoms with van der Waals surface area (Å²) in [6.45, 7) is 5.47. The summed E-state index contributed by atoms with van der Waals surface area (Å²) in [6.07, 6.45) is 5.97. The van der Waals surface area contributed by atoms with Gasteiger partial charge in [-0.2, -0.15) is 0 Å². The summed E-state index contributed by atoms with van der Waals surface area (Å²) in [5, 5.41) is 3.48. The Kier molecular flexibility index (Phi) is 5.72. The highest BCUT2D eigenvalue weighted by molar-refractivity contribution is 7.89. The lowest BCUT2D eigenvalue weighted by Crippen LogP contribution is -2.26. The highest BCUT2D eigenvalue weighted by Gasteiger charge is 2.20. The van der Waals surface area contributed by atoms with E-state index in [0.717, 1.165) is 24.9 Å². The number of rotatable bonds is 9. The van der Waals surface area contributed by atoms with Crippen LogP contribution in [0, 0.1) is 5.92 Å². The number of nitrogens with zero attached hydrogens (tertiary/aromatic N) is 1. The van der Waals surface area contributed by atoms with Crippen LogP contribution in [0.25, 0.3) is 0 Å². The van der Waals surface area contributed by atoms with Crippen molar-refractivity contribution in [3.8, 4) is 0 Å². The van der Waals surface area contributed by atoms with E-state index in [2.05, 4.69) is 28.9 Å². The normalized spacial score (nSPS) is 15.6. The van der Waals surface area contributed by atoms with Gasteiger partial charge >= 0.3 is 0 Å². The zero-order chi connectivity index (χ0) is 15.3. The highest BCUT2D eigenvalue weighted by Crippen LogP contribution is 2.19. The molecule has 118 valence electrons. The molecule has 1 saturated carbocycles. The molecule has 5 nitrogen and oxygen atoms in total. The first-order valence-electron chi connectivity index (χ1n) is 7.65. The first kappa shape index (κ1) is 16.4. The van der Waals surface area contributed by atoms with Crippen molar-refractivity contribution in [2.75, 3.05) is 6.54 Å². The Morgan fingerprint density at radius 2 is 2.10 bits per heavy atom. The third kappa shape index (κ3) is 5.73. The summed E-state index contributed by atoms with van der Waals surface area (Å²) in [5.41, 5.74) is 1.01. The number of sulfonamides is 1. The number of pyridine rings is 1. The molecule has 0 atom stereocenters. The predicted octanol–water partition coefficient (Wildman–Crippen LogP) is 2.05. The average molecular weight is 311 g/mol. The first-order chi connectivity index (χ1) is 9.97. The second-order valence-electron chi connectivity index (χ2n) is 6.09. The molecule has 1 aliphatic rings. The van der Waals surface area contributed by atoms with Gasteiger partial charge in [-0.05, 0) is 43.2 Å². The maximum atomic E-state index is 12.1. The maximum absolute atomic E-state index is 12.1. The van der Waals surface area contributed by atoms with Crippen LogP contribution >= 0.6 is 0 Å². The largest absolute Gasteiger partial charge is 0.310 e. The molecule has 1 aliphatic carbocycles. The summed E-state index contributed by atoms with van der Waals surface area (Å²) >= 11 is 0. The third-order valence-corrected chi connectivity index (χ3v) is 4.87. The number of hydrogen-bond donors (Lipinski definition) is 2. The van der Waals surface area contributed by atoms with E-state index in [9.17, 15) is 8.42 Å². The molecule has 1 aromatic heterocycles. The van der Waals surface area contributed by atoms with Gasteiger partial charge in [0.1, 0.15) is 0 Å². The Balaban J connectivity index is 1.83. The Morgan fingerprint density at radius 1 is 1.33 bits per heavy atom. The quantitative estimate of drug-likeness (QED) is 0.685. The zero-order valence-corrected chi connectivity index (χ0v) is 13.6. The predicted molar refractivity (Wildman–Crippen MR) is 83.4 cm³/mol. The minimum atomic E-state index is -3.48. The lowest BCUT2D eigenvalue weighted by molar-refractivity contribution is 0.538. The van der Waals surface area contributed by atoms with Crippen LogP contribution in [-0.4, -0.2) is 26.0 Å². The van der Waals surface area contributed by atoms with Crippen LogP contribution in [0.1, 0.15) is 45.1 Å². The molecule has 0 saturated heterocycles. The molecular weight excluding hydrogens is 286 g/mol. The summed E-state index contributed by atoms with van der Waals surface area (Å²) in [7, 11) is -3.48. The molecule has 0 amide bonds. The van der Waals surface area contributed by atoms with Crippen molar-refractivity contribution in [1.82, 2.24) is 15.0 Å². The van der Waals surface area contributed by atoms with E-state index in [1.54, 1.807) is 12.3 Å². The number of hydrogen-bond acceptors (Lipinski definition) is 4. The van der Waals surface area contributed by atoms with Crippen molar-refractivity contribution in [3.63, 3.8) is 0 Å². The van der Waals surface area contributed by atoms with Crippen LogP contribution in [0.4, 0.5) is 0 Å². The highest BCUT2D eigenvalue weighted by atomic mass is 32.2. The van der Waals surface area contributed by atoms with Gasteiger partial charge in [0.2, 0.25) is 0 Å². The lowest BCUT2D eigenvalue weighted by atomic mass is 10.1. The fourth-order valence-corrected chi connectivity index (χ4v) is 3.01. The van der Waals surface area contributed by atoms with Crippen molar-refractivity contribution >= 4 is 10.0 Å². The Bertz CT molecular complexity index is 537. The molecule has 21 heavy (non-hydrogen) atoms. The van der Waals surface area contributed by atoms with Crippen molar-refractivity contribution in [3.05, 3.63) is 23.9 Å².